The first-order valence-corrected chi connectivity index (χ1v) is 14.8. The molecule has 9 nitrogen and oxygen atoms in total. The highest BCUT2D eigenvalue weighted by molar-refractivity contribution is 7.07. The quantitative estimate of drug-likeness (QED) is 0.219. The van der Waals surface area contributed by atoms with Crippen molar-refractivity contribution in [1.82, 2.24) is 4.57 Å². The molecule has 42 heavy (non-hydrogen) atoms. The van der Waals surface area contributed by atoms with Crippen molar-refractivity contribution in [3.63, 3.8) is 0 Å². The van der Waals surface area contributed by atoms with Crippen LogP contribution < -0.4 is 29.1 Å². The third kappa shape index (κ3) is 6.72. The zero-order valence-corrected chi connectivity index (χ0v) is 26.1. The standard InChI is InChI=1S/C31H35ClN2O7S/c1-7-39-28-22(9-8-10-24(28)38-6)27-26(30(36)40-14-13-37-5)19(4)33-31-34(27)29(35)25(42-31)16-20-15-21(32)11-12-23(20)41-17-18(2)3/h8-12,15-16,18,27H,7,13-14,17H2,1-6H3/b25-16+/t27-/m1/s1. The number of esters is 1. The van der Waals surface area contributed by atoms with Crippen molar-refractivity contribution in [3.8, 4) is 17.2 Å². The Morgan fingerprint density at radius 2 is 1.93 bits per heavy atom. The number of carbonyl (C=O) groups is 1. The Hall–Kier alpha value is -3.60. The molecule has 0 radical (unpaired) electrons. The van der Waals surface area contributed by atoms with Crippen LogP contribution in [0.3, 0.4) is 0 Å². The van der Waals surface area contributed by atoms with E-state index < -0.39 is 12.0 Å². The SMILES string of the molecule is CCOc1c(OC)cccc1[C@@H]1C(C(=O)OCCOC)=C(C)N=c2s/c(=C/c3cc(Cl)ccc3OCC(C)C)c(=O)n21. The maximum absolute atomic E-state index is 14.2. The van der Waals surface area contributed by atoms with Gasteiger partial charge in [-0.3, -0.25) is 9.36 Å². The minimum absolute atomic E-state index is 0.0492. The van der Waals surface area contributed by atoms with Crippen molar-refractivity contribution < 1.29 is 28.5 Å². The fraction of sp³-hybridized carbons (Fsp3) is 0.387. The number of hydrogen-bond acceptors (Lipinski definition) is 9. The molecular formula is C31H35ClN2O7S. The van der Waals surface area contributed by atoms with Gasteiger partial charge in [-0.2, -0.15) is 0 Å². The van der Waals surface area contributed by atoms with Crippen LogP contribution >= 0.6 is 22.9 Å². The van der Waals surface area contributed by atoms with Crippen LogP contribution in [0.4, 0.5) is 0 Å². The van der Waals surface area contributed by atoms with Crippen LogP contribution in [0.25, 0.3) is 6.08 Å². The van der Waals surface area contributed by atoms with Gasteiger partial charge >= 0.3 is 5.97 Å². The lowest BCUT2D eigenvalue weighted by molar-refractivity contribution is -0.140. The second-order valence-electron chi connectivity index (χ2n) is 9.91. The van der Waals surface area contributed by atoms with Crippen LogP contribution in [0.15, 0.2) is 57.5 Å². The summed E-state index contributed by atoms with van der Waals surface area (Å²) in [6.07, 6.45) is 1.74. The number of hydrogen-bond donors (Lipinski definition) is 0. The fourth-order valence-corrected chi connectivity index (χ4v) is 5.76. The lowest BCUT2D eigenvalue weighted by atomic mass is 9.94. The molecular weight excluding hydrogens is 580 g/mol. The molecule has 3 aromatic rings. The van der Waals surface area contributed by atoms with Gasteiger partial charge in [-0.1, -0.05) is 48.9 Å². The smallest absolute Gasteiger partial charge is 0.338 e. The molecule has 0 saturated heterocycles. The van der Waals surface area contributed by atoms with Gasteiger partial charge < -0.3 is 23.7 Å². The van der Waals surface area contributed by atoms with E-state index >= 15 is 0 Å². The van der Waals surface area contributed by atoms with Gasteiger partial charge in [-0.25, -0.2) is 9.79 Å². The summed E-state index contributed by atoms with van der Waals surface area (Å²) in [5.74, 6) is 1.23. The molecule has 4 rings (SSSR count). The summed E-state index contributed by atoms with van der Waals surface area (Å²) >= 11 is 7.54. The first-order valence-electron chi connectivity index (χ1n) is 13.6. The number of para-hydroxylation sites is 1. The maximum atomic E-state index is 14.2. The van der Waals surface area contributed by atoms with Crippen molar-refractivity contribution in [1.29, 1.82) is 0 Å². The molecule has 224 valence electrons. The highest BCUT2D eigenvalue weighted by atomic mass is 35.5. The van der Waals surface area contributed by atoms with Crippen LogP contribution in [0.1, 0.15) is 44.9 Å². The molecule has 2 aromatic carbocycles. The van der Waals surface area contributed by atoms with Crippen LogP contribution in [0.5, 0.6) is 17.2 Å². The Bertz CT molecular complexity index is 1660. The van der Waals surface area contributed by atoms with E-state index in [4.69, 9.17) is 35.3 Å². The highest BCUT2D eigenvalue weighted by Crippen LogP contribution is 2.40. The minimum atomic E-state index is -0.883. The monoisotopic (exact) mass is 614 g/mol. The van der Waals surface area contributed by atoms with Gasteiger partial charge in [0, 0.05) is 23.3 Å². The number of benzene rings is 2. The largest absolute Gasteiger partial charge is 0.493 e. The third-order valence-corrected chi connectivity index (χ3v) is 7.62. The zero-order chi connectivity index (χ0) is 30.4. The number of rotatable bonds is 12. The van der Waals surface area contributed by atoms with Gasteiger partial charge in [-0.15, -0.1) is 0 Å². The van der Waals surface area contributed by atoms with E-state index in [-0.39, 0.29) is 24.3 Å². The molecule has 0 N–H and O–H groups in total. The molecule has 2 heterocycles. The van der Waals surface area contributed by atoms with Crippen LogP contribution in [0.2, 0.25) is 5.02 Å². The number of methoxy groups -OCH3 is 2. The fourth-order valence-electron chi connectivity index (χ4n) is 4.54. The molecule has 0 fully saturated rings. The molecule has 1 aliphatic heterocycles. The summed E-state index contributed by atoms with van der Waals surface area (Å²) in [5, 5.41) is 0.512. The zero-order valence-electron chi connectivity index (χ0n) is 24.6. The Balaban J connectivity index is 1.95. The van der Waals surface area contributed by atoms with Gasteiger partial charge in [0.1, 0.15) is 18.4 Å². The normalized spacial score (nSPS) is 15.0. The summed E-state index contributed by atoms with van der Waals surface area (Å²) in [7, 11) is 3.06. The minimum Gasteiger partial charge on any atom is -0.493 e. The van der Waals surface area contributed by atoms with Crippen molar-refractivity contribution in [2.45, 2.75) is 33.7 Å². The number of carbonyl (C=O) groups excluding carboxylic acids is 1. The van der Waals surface area contributed by atoms with Gasteiger partial charge in [0.05, 0.1) is 42.7 Å². The summed E-state index contributed by atoms with van der Waals surface area (Å²) in [6.45, 7) is 8.83. The molecule has 0 amide bonds. The number of halogens is 1. The van der Waals surface area contributed by atoms with Gasteiger partial charge in [0.2, 0.25) is 0 Å². The van der Waals surface area contributed by atoms with Gasteiger partial charge in [0.25, 0.3) is 5.56 Å². The average Bonchev–Trinajstić information content (AvgIpc) is 3.26. The summed E-state index contributed by atoms with van der Waals surface area (Å²) < 4.78 is 30.1. The van der Waals surface area contributed by atoms with Crippen LogP contribution in [0, 0.1) is 5.92 Å². The number of thiazole rings is 1. The second kappa shape index (κ2) is 14.0. The Kier molecular flexibility index (Phi) is 10.5. The molecule has 0 spiro atoms. The Morgan fingerprint density at radius 3 is 2.62 bits per heavy atom. The van der Waals surface area contributed by atoms with Crippen LogP contribution in [-0.4, -0.2) is 51.2 Å². The van der Waals surface area contributed by atoms with E-state index in [1.807, 2.05) is 13.0 Å². The summed E-state index contributed by atoms with van der Waals surface area (Å²) in [6, 6.07) is 9.78. The second-order valence-corrected chi connectivity index (χ2v) is 11.4. The highest BCUT2D eigenvalue weighted by Gasteiger charge is 2.36. The lowest BCUT2D eigenvalue weighted by Crippen LogP contribution is -2.40. The first kappa shape index (κ1) is 31.3. The van der Waals surface area contributed by atoms with Crippen molar-refractivity contribution in [2.75, 3.05) is 40.6 Å². The molecule has 1 atom stereocenters. The summed E-state index contributed by atoms with van der Waals surface area (Å²) in [5.41, 5.74) is 1.56. The number of nitrogens with zero attached hydrogens (tertiary/aromatic N) is 2. The topological polar surface area (TPSA) is 97.6 Å². The maximum Gasteiger partial charge on any atom is 0.338 e. The van der Waals surface area contributed by atoms with E-state index in [2.05, 4.69) is 18.8 Å². The first-order chi connectivity index (χ1) is 20.2. The number of fused-ring (bicyclic) bond motifs is 1. The van der Waals surface area contributed by atoms with Crippen molar-refractivity contribution >= 4 is 35.0 Å². The number of ether oxygens (including phenoxy) is 5. The Labute approximate surface area is 253 Å². The van der Waals surface area contributed by atoms with E-state index in [0.717, 1.165) is 0 Å². The van der Waals surface area contributed by atoms with Gasteiger partial charge in [0.15, 0.2) is 16.3 Å². The predicted octanol–water partition coefficient (Wildman–Crippen LogP) is 4.52. The summed E-state index contributed by atoms with van der Waals surface area (Å²) in [4.78, 5) is 32.8. The number of aromatic nitrogens is 1. The van der Waals surface area contributed by atoms with E-state index in [1.165, 1.54) is 30.1 Å². The van der Waals surface area contributed by atoms with Crippen LogP contribution in [-0.2, 0) is 14.3 Å². The van der Waals surface area contributed by atoms with Crippen molar-refractivity contribution in [3.05, 3.63) is 83.5 Å². The van der Waals surface area contributed by atoms with Gasteiger partial charge in [-0.05, 0) is 50.1 Å². The van der Waals surface area contributed by atoms with E-state index in [9.17, 15) is 9.59 Å². The molecule has 0 saturated carbocycles. The van der Waals surface area contributed by atoms with Crippen molar-refractivity contribution in [2.24, 2.45) is 10.9 Å². The predicted molar refractivity (Wildman–Crippen MR) is 163 cm³/mol. The molecule has 1 aliphatic rings. The van der Waals surface area contributed by atoms with E-state index in [0.29, 0.717) is 67.6 Å². The number of allylic oxidation sites excluding steroid dienone is 1. The third-order valence-electron chi connectivity index (χ3n) is 6.41. The molecule has 0 aliphatic carbocycles. The molecule has 0 unspecified atom stereocenters. The molecule has 11 heteroatoms. The molecule has 0 bridgehead atoms. The van der Waals surface area contributed by atoms with E-state index in [1.54, 1.807) is 43.3 Å². The Morgan fingerprint density at radius 1 is 1.14 bits per heavy atom. The average molecular weight is 615 g/mol. The molecule has 1 aromatic heterocycles. The lowest BCUT2D eigenvalue weighted by Gasteiger charge is -2.27.